The van der Waals surface area contributed by atoms with Crippen LogP contribution < -0.4 is 0 Å². The van der Waals surface area contributed by atoms with E-state index in [1.54, 1.807) is 0 Å². The monoisotopic (exact) mass is 482 g/mol. The lowest BCUT2D eigenvalue weighted by Gasteiger charge is -2.40. The molecule has 13 heteroatoms. The lowest BCUT2D eigenvalue weighted by Crippen LogP contribution is -2.48. The first kappa shape index (κ1) is 30.4. The number of rotatable bonds is 3. The van der Waals surface area contributed by atoms with Crippen LogP contribution in [-0.2, 0) is 14.3 Å². The fraction of sp³-hybridized carbons (Fsp3) is 0.895. The minimum absolute atomic E-state index is 0.407. The van der Waals surface area contributed by atoms with Crippen molar-refractivity contribution in [1.82, 2.24) is 9.80 Å². The Morgan fingerprint density at radius 2 is 1.25 bits per heavy atom. The number of likely N-dealkylation sites (tertiary alicyclic amines) is 1. The molecule has 0 aromatic rings. The van der Waals surface area contributed by atoms with Crippen molar-refractivity contribution in [2.24, 2.45) is 5.92 Å². The van der Waals surface area contributed by atoms with Gasteiger partial charge in [0.25, 0.3) is 0 Å². The van der Waals surface area contributed by atoms with Gasteiger partial charge in [0, 0.05) is 25.7 Å². The molecular weight excluding hydrogens is 450 g/mol. The molecule has 2 unspecified atom stereocenters. The summed E-state index contributed by atoms with van der Waals surface area (Å²) in [6.45, 7) is 15.1. The normalized spacial score (nSPS) is 23.6. The highest BCUT2D eigenvalue weighted by Gasteiger charge is 2.38. The highest BCUT2D eigenvalue weighted by molar-refractivity contribution is 5.73. The maximum Gasteiger partial charge on any atom is 0.490 e. The number of piperidine rings is 1. The SMILES string of the molecule is CC1CN(CC2CCN(C(C)C)CC2)CC(C)O1.O=C(O)C(F)(F)F.O=C(O)C(F)(F)F. The Hall–Kier alpha value is -1.60. The van der Waals surface area contributed by atoms with E-state index in [1.165, 1.54) is 32.5 Å². The maximum absolute atomic E-state index is 10.6. The van der Waals surface area contributed by atoms with Gasteiger partial charge in [0.1, 0.15) is 0 Å². The molecule has 0 bridgehead atoms. The van der Waals surface area contributed by atoms with Crippen molar-refractivity contribution in [2.75, 3.05) is 32.7 Å². The van der Waals surface area contributed by atoms with Crippen LogP contribution in [0.3, 0.4) is 0 Å². The highest BCUT2D eigenvalue weighted by atomic mass is 19.4. The van der Waals surface area contributed by atoms with Crippen LogP contribution in [0.1, 0.15) is 40.5 Å². The molecule has 2 fully saturated rings. The van der Waals surface area contributed by atoms with Crippen molar-refractivity contribution >= 4 is 11.9 Å². The molecule has 2 aliphatic rings. The van der Waals surface area contributed by atoms with Gasteiger partial charge in [-0.05, 0) is 59.5 Å². The molecule has 0 radical (unpaired) electrons. The molecular formula is C19H32F6N2O5. The third kappa shape index (κ3) is 13.1. The number of halogens is 6. The first-order valence-corrected chi connectivity index (χ1v) is 10.2. The molecule has 0 aliphatic carbocycles. The summed E-state index contributed by atoms with van der Waals surface area (Å²) in [5.41, 5.74) is 0. The van der Waals surface area contributed by atoms with Gasteiger partial charge in [0.15, 0.2) is 0 Å². The topological polar surface area (TPSA) is 90.3 Å². The number of carboxylic acid groups (broad SMARTS) is 2. The predicted octanol–water partition coefficient (Wildman–Crippen LogP) is 3.48. The molecule has 32 heavy (non-hydrogen) atoms. The predicted molar refractivity (Wildman–Crippen MR) is 103 cm³/mol. The molecule has 2 saturated heterocycles. The summed E-state index contributed by atoms with van der Waals surface area (Å²) in [5, 5.41) is 14.2. The molecule has 0 aromatic carbocycles. The second-order valence-electron chi connectivity index (χ2n) is 8.15. The first-order chi connectivity index (χ1) is 14.4. The minimum Gasteiger partial charge on any atom is -0.475 e. The van der Waals surface area contributed by atoms with Crippen molar-refractivity contribution in [1.29, 1.82) is 0 Å². The number of hydrogen-bond donors (Lipinski definition) is 2. The molecule has 0 aromatic heterocycles. The zero-order chi connectivity index (χ0) is 25.3. The van der Waals surface area contributed by atoms with E-state index in [2.05, 4.69) is 37.5 Å². The van der Waals surface area contributed by atoms with Crippen LogP contribution in [-0.4, -0.2) is 95.3 Å². The molecule has 2 heterocycles. The lowest BCUT2D eigenvalue weighted by molar-refractivity contribution is -0.193. The van der Waals surface area contributed by atoms with E-state index < -0.39 is 24.3 Å². The van der Waals surface area contributed by atoms with Crippen LogP contribution in [0.4, 0.5) is 26.3 Å². The van der Waals surface area contributed by atoms with Crippen LogP contribution in [0.5, 0.6) is 0 Å². The summed E-state index contributed by atoms with van der Waals surface area (Å²) in [4.78, 5) is 23.0. The molecule has 2 N–H and O–H groups in total. The zero-order valence-corrected chi connectivity index (χ0v) is 18.5. The molecule has 2 aliphatic heterocycles. The smallest absolute Gasteiger partial charge is 0.475 e. The fourth-order valence-electron chi connectivity index (χ4n) is 3.45. The van der Waals surface area contributed by atoms with E-state index in [9.17, 15) is 26.3 Å². The van der Waals surface area contributed by atoms with Crippen molar-refractivity contribution in [2.45, 2.75) is 71.1 Å². The van der Waals surface area contributed by atoms with Crippen molar-refractivity contribution in [3.05, 3.63) is 0 Å². The summed E-state index contributed by atoms with van der Waals surface area (Å²) in [6.07, 6.45) is -6.61. The largest absolute Gasteiger partial charge is 0.490 e. The number of morpholine rings is 1. The van der Waals surface area contributed by atoms with E-state index in [1.807, 2.05) is 0 Å². The number of carbonyl (C=O) groups is 2. The van der Waals surface area contributed by atoms with Gasteiger partial charge < -0.3 is 19.8 Å². The number of hydrogen-bond acceptors (Lipinski definition) is 5. The minimum atomic E-state index is -5.08. The molecule has 7 nitrogen and oxygen atoms in total. The third-order valence-corrected chi connectivity index (χ3v) is 4.88. The van der Waals surface area contributed by atoms with Gasteiger partial charge in [-0.25, -0.2) is 9.59 Å². The standard InChI is InChI=1S/C15H30N2O.2C2HF3O2/c1-12(2)17-7-5-15(6-8-17)11-16-9-13(3)18-14(4)10-16;2*3-2(4,5)1(6)7/h12-15H,5-11H2,1-4H3;2*(H,6,7). The summed E-state index contributed by atoms with van der Waals surface area (Å²) >= 11 is 0. The van der Waals surface area contributed by atoms with Crippen molar-refractivity contribution in [3.8, 4) is 0 Å². The van der Waals surface area contributed by atoms with E-state index >= 15 is 0 Å². The molecule has 2 rings (SSSR count). The van der Waals surface area contributed by atoms with E-state index in [0.29, 0.717) is 12.2 Å². The number of carboxylic acids is 2. The maximum atomic E-state index is 10.6. The Morgan fingerprint density at radius 3 is 1.53 bits per heavy atom. The van der Waals surface area contributed by atoms with Crippen LogP contribution in [0, 0.1) is 5.92 Å². The number of ether oxygens (including phenoxy) is 1. The van der Waals surface area contributed by atoms with Crippen LogP contribution in [0.2, 0.25) is 0 Å². The molecule has 0 saturated carbocycles. The number of aliphatic carboxylic acids is 2. The summed E-state index contributed by atoms with van der Waals surface area (Å²) < 4.78 is 69.3. The number of nitrogens with zero attached hydrogens (tertiary/aromatic N) is 2. The number of alkyl halides is 6. The van der Waals surface area contributed by atoms with Gasteiger partial charge >= 0.3 is 24.3 Å². The van der Waals surface area contributed by atoms with Gasteiger partial charge in [0.05, 0.1) is 12.2 Å². The Morgan fingerprint density at radius 1 is 0.906 bits per heavy atom. The highest BCUT2D eigenvalue weighted by Crippen LogP contribution is 2.22. The molecule has 0 spiro atoms. The second kappa shape index (κ2) is 13.2. The van der Waals surface area contributed by atoms with Crippen LogP contribution >= 0.6 is 0 Å². The third-order valence-electron chi connectivity index (χ3n) is 4.88. The average Bonchev–Trinajstić information content (AvgIpc) is 2.60. The Balaban J connectivity index is 0.000000570. The Bertz CT molecular complexity index is 544. The average molecular weight is 482 g/mol. The zero-order valence-electron chi connectivity index (χ0n) is 18.5. The summed E-state index contributed by atoms with van der Waals surface area (Å²) in [7, 11) is 0. The Labute approximate surface area is 183 Å². The van der Waals surface area contributed by atoms with Crippen LogP contribution in [0.15, 0.2) is 0 Å². The summed E-state index contributed by atoms with van der Waals surface area (Å²) in [6, 6.07) is 0.717. The van der Waals surface area contributed by atoms with Gasteiger partial charge in [-0.1, -0.05) is 0 Å². The lowest BCUT2D eigenvalue weighted by atomic mass is 9.95. The quantitative estimate of drug-likeness (QED) is 0.596. The van der Waals surface area contributed by atoms with E-state index in [-0.39, 0.29) is 0 Å². The second-order valence-corrected chi connectivity index (χ2v) is 8.15. The van der Waals surface area contributed by atoms with Crippen molar-refractivity contribution in [3.63, 3.8) is 0 Å². The molecule has 190 valence electrons. The van der Waals surface area contributed by atoms with Gasteiger partial charge in [-0.15, -0.1) is 0 Å². The molecule has 0 amide bonds. The summed E-state index contributed by atoms with van der Waals surface area (Å²) in [5.74, 6) is -4.61. The van der Waals surface area contributed by atoms with E-state index in [4.69, 9.17) is 24.5 Å². The van der Waals surface area contributed by atoms with Gasteiger partial charge in [0.2, 0.25) is 0 Å². The van der Waals surface area contributed by atoms with Crippen molar-refractivity contribution < 1.29 is 50.9 Å². The van der Waals surface area contributed by atoms with E-state index in [0.717, 1.165) is 25.0 Å². The Kier molecular flexibility index (Phi) is 12.5. The first-order valence-electron chi connectivity index (χ1n) is 10.2. The fourth-order valence-corrected chi connectivity index (χ4v) is 3.45. The van der Waals surface area contributed by atoms with Gasteiger partial charge in [-0.3, -0.25) is 4.90 Å². The molecule has 2 atom stereocenters. The van der Waals surface area contributed by atoms with Crippen LogP contribution in [0.25, 0.3) is 0 Å². The van der Waals surface area contributed by atoms with Gasteiger partial charge in [-0.2, -0.15) is 26.3 Å².